The molecule has 1 saturated heterocycles. The van der Waals surface area contributed by atoms with Crippen molar-refractivity contribution in [2.75, 3.05) is 6.54 Å². The Morgan fingerprint density at radius 1 is 1.62 bits per heavy atom. The van der Waals surface area contributed by atoms with Gasteiger partial charge in [0.05, 0.1) is 5.69 Å². The van der Waals surface area contributed by atoms with Crippen molar-refractivity contribution in [3.05, 3.63) is 17.5 Å². The summed E-state index contributed by atoms with van der Waals surface area (Å²) in [5.41, 5.74) is 0.758. The number of hydrogen-bond acceptors (Lipinski definition) is 3. The molecule has 0 N–H and O–H groups in total. The average Bonchev–Trinajstić information content (AvgIpc) is 2.75. The fraction of sp³-hybridized carbons (Fsp3) is 0.667. The van der Waals surface area contributed by atoms with Crippen LogP contribution in [0, 0.1) is 6.92 Å². The van der Waals surface area contributed by atoms with Crippen LogP contribution in [-0.4, -0.2) is 28.6 Å². The summed E-state index contributed by atoms with van der Waals surface area (Å²) in [5.74, 6) is 0.366. The molecular formula is C12H18N2O2. The van der Waals surface area contributed by atoms with Gasteiger partial charge in [0.15, 0.2) is 0 Å². The second kappa shape index (κ2) is 4.68. The Bertz CT molecular complexity index is 373. The number of likely N-dealkylation sites (tertiary alicyclic amines) is 1. The Labute approximate surface area is 95.6 Å². The minimum absolute atomic E-state index is 0.00727. The summed E-state index contributed by atoms with van der Waals surface area (Å²) in [7, 11) is 0. The predicted molar refractivity (Wildman–Crippen MR) is 60.2 cm³/mol. The second-order valence-corrected chi connectivity index (χ2v) is 4.39. The molecule has 0 aliphatic carbocycles. The molecule has 1 aromatic rings. The van der Waals surface area contributed by atoms with Crippen molar-refractivity contribution in [2.24, 2.45) is 0 Å². The van der Waals surface area contributed by atoms with E-state index >= 15 is 0 Å². The highest BCUT2D eigenvalue weighted by atomic mass is 16.5. The molecule has 1 unspecified atom stereocenters. The predicted octanol–water partition coefficient (Wildman–Crippen LogP) is 2.39. The van der Waals surface area contributed by atoms with E-state index in [1.807, 2.05) is 11.8 Å². The van der Waals surface area contributed by atoms with E-state index in [0.29, 0.717) is 11.8 Å². The van der Waals surface area contributed by atoms with Crippen molar-refractivity contribution < 1.29 is 9.32 Å². The number of hydrogen-bond donors (Lipinski definition) is 0. The number of carbonyl (C=O) groups is 1. The van der Waals surface area contributed by atoms with Gasteiger partial charge in [-0.05, 0) is 32.6 Å². The van der Waals surface area contributed by atoms with Gasteiger partial charge in [-0.15, -0.1) is 0 Å². The molecule has 1 aliphatic heterocycles. The quantitative estimate of drug-likeness (QED) is 0.771. The SMILES string of the molecule is CCC1CCCCN1C(=O)c1cc(C)no1. The topological polar surface area (TPSA) is 46.3 Å². The third-order valence-electron chi connectivity index (χ3n) is 3.20. The molecule has 0 saturated carbocycles. The molecule has 2 rings (SSSR count). The molecule has 1 amide bonds. The lowest BCUT2D eigenvalue weighted by Gasteiger charge is -2.34. The lowest BCUT2D eigenvalue weighted by atomic mass is 10.00. The smallest absolute Gasteiger partial charge is 0.292 e. The largest absolute Gasteiger partial charge is 0.351 e. The van der Waals surface area contributed by atoms with Crippen LogP contribution in [-0.2, 0) is 0 Å². The first-order valence-corrected chi connectivity index (χ1v) is 5.96. The van der Waals surface area contributed by atoms with Crippen molar-refractivity contribution in [3.8, 4) is 0 Å². The molecule has 0 bridgehead atoms. The molecule has 0 aromatic carbocycles. The van der Waals surface area contributed by atoms with Crippen LogP contribution in [0.25, 0.3) is 0 Å². The average molecular weight is 222 g/mol. The maximum absolute atomic E-state index is 12.2. The Hall–Kier alpha value is -1.32. The zero-order valence-electron chi connectivity index (χ0n) is 9.90. The van der Waals surface area contributed by atoms with Gasteiger partial charge in [0, 0.05) is 18.7 Å². The van der Waals surface area contributed by atoms with Gasteiger partial charge >= 0.3 is 0 Å². The highest BCUT2D eigenvalue weighted by molar-refractivity contribution is 5.91. The molecule has 16 heavy (non-hydrogen) atoms. The van der Waals surface area contributed by atoms with E-state index < -0.39 is 0 Å². The Morgan fingerprint density at radius 2 is 2.44 bits per heavy atom. The van der Waals surface area contributed by atoms with Crippen molar-refractivity contribution in [1.82, 2.24) is 10.1 Å². The summed E-state index contributed by atoms with van der Waals surface area (Å²) in [6.07, 6.45) is 4.43. The van der Waals surface area contributed by atoms with Crippen molar-refractivity contribution in [2.45, 2.75) is 45.6 Å². The molecule has 1 aromatic heterocycles. The van der Waals surface area contributed by atoms with E-state index in [4.69, 9.17) is 4.52 Å². The monoisotopic (exact) mass is 222 g/mol. The minimum atomic E-state index is -0.00727. The number of aryl methyl sites for hydroxylation is 1. The van der Waals surface area contributed by atoms with E-state index in [0.717, 1.165) is 31.5 Å². The fourth-order valence-corrected chi connectivity index (χ4v) is 2.30. The zero-order chi connectivity index (χ0) is 11.5. The van der Waals surface area contributed by atoms with Gasteiger partial charge in [-0.2, -0.15) is 0 Å². The minimum Gasteiger partial charge on any atom is -0.351 e. The van der Waals surface area contributed by atoms with Crippen LogP contribution >= 0.6 is 0 Å². The van der Waals surface area contributed by atoms with Gasteiger partial charge in [0.2, 0.25) is 5.76 Å². The number of nitrogens with zero attached hydrogens (tertiary/aromatic N) is 2. The van der Waals surface area contributed by atoms with Gasteiger partial charge in [0.1, 0.15) is 0 Å². The fourth-order valence-electron chi connectivity index (χ4n) is 2.30. The summed E-state index contributed by atoms with van der Waals surface area (Å²) in [4.78, 5) is 14.1. The van der Waals surface area contributed by atoms with E-state index in [1.54, 1.807) is 6.07 Å². The highest BCUT2D eigenvalue weighted by Crippen LogP contribution is 2.21. The maximum Gasteiger partial charge on any atom is 0.292 e. The van der Waals surface area contributed by atoms with E-state index in [1.165, 1.54) is 6.42 Å². The normalized spacial score (nSPS) is 21.1. The Kier molecular flexibility index (Phi) is 3.27. The van der Waals surface area contributed by atoms with Crippen molar-refractivity contribution >= 4 is 5.91 Å². The highest BCUT2D eigenvalue weighted by Gasteiger charge is 2.28. The van der Waals surface area contributed by atoms with Crippen LogP contribution in [0.4, 0.5) is 0 Å². The zero-order valence-corrected chi connectivity index (χ0v) is 9.90. The van der Waals surface area contributed by atoms with Gasteiger partial charge in [-0.3, -0.25) is 4.79 Å². The summed E-state index contributed by atoms with van der Waals surface area (Å²) in [6.45, 7) is 4.80. The Morgan fingerprint density at radius 3 is 3.06 bits per heavy atom. The molecule has 88 valence electrons. The van der Waals surface area contributed by atoms with E-state index in [-0.39, 0.29) is 5.91 Å². The Balaban J connectivity index is 2.13. The molecule has 1 fully saturated rings. The number of carbonyl (C=O) groups excluding carboxylic acids is 1. The van der Waals surface area contributed by atoms with Crippen molar-refractivity contribution in [3.63, 3.8) is 0 Å². The van der Waals surface area contributed by atoms with Gasteiger partial charge in [0.25, 0.3) is 5.91 Å². The maximum atomic E-state index is 12.2. The van der Waals surface area contributed by atoms with Crippen LogP contribution in [0.1, 0.15) is 48.9 Å². The molecule has 2 heterocycles. The molecule has 4 nitrogen and oxygen atoms in total. The van der Waals surface area contributed by atoms with E-state index in [9.17, 15) is 4.79 Å². The number of piperidine rings is 1. The third kappa shape index (κ3) is 2.10. The van der Waals surface area contributed by atoms with Gasteiger partial charge in [-0.25, -0.2) is 0 Å². The standard InChI is InChI=1S/C12H18N2O2/c1-3-10-6-4-5-7-14(10)12(15)11-8-9(2)13-16-11/h8,10H,3-7H2,1-2H3. The van der Waals surface area contributed by atoms with Crippen LogP contribution in [0.5, 0.6) is 0 Å². The number of rotatable bonds is 2. The van der Waals surface area contributed by atoms with E-state index in [2.05, 4.69) is 12.1 Å². The van der Waals surface area contributed by atoms with Crippen molar-refractivity contribution in [1.29, 1.82) is 0 Å². The molecule has 0 spiro atoms. The van der Waals surface area contributed by atoms with Crippen LogP contribution in [0.15, 0.2) is 10.6 Å². The van der Waals surface area contributed by atoms with Gasteiger partial charge < -0.3 is 9.42 Å². The summed E-state index contributed by atoms with van der Waals surface area (Å²) >= 11 is 0. The number of aromatic nitrogens is 1. The summed E-state index contributed by atoms with van der Waals surface area (Å²) in [6, 6.07) is 2.08. The lowest BCUT2D eigenvalue weighted by molar-refractivity contribution is 0.0566. The summed E-state index contributed by atoms with van der Waals surface area (Å²) in [5, 5.41) is 3.76. The molecule has 1 aliphatic rings. The summed E-state index contributed by atoms with van der Waals surface area (Å²) < 4.78 is 5.03. The van der Waals surface area contributed by atoms with Gasteiger partial charge in [-0.1, -0.05) is 12.1 Å². The first-order valence-electron chi connectivity index (χ1n) is 5.96. The lowest BCUT2D eigenvalue weighted by Crippen LogP contribution is -2.43. The van der Waals surface area contributed by atoms with Crippen LogP contribution < -0.4 is 0 Å². The first kappa shape index (κ1) is 11.2. The molecule has 4 heteroatoms. The van der Waals surface area contributed by atoms with Crippen LogP contribution in [0.3, 0.4) is 0 Å². The first-order chi connectivity index (χ1) is 7.72. The second-order valence-electron chi connectivity index (χ2n) is 4.39. The molecule has 0 radical (unpaired) electrons. The number of amides is 1. The third-order valence-corrected chi connectivity index (χ3v) is 3.20. The van der Waals surface area contributed by atoms with Crippen LogP contribution in [0.2, 0.25) is 0 Å². The molecule has 1 atom stereocenters. The molecular weight excluding hydrogens is 204 g/mol.